The maximum absolute atomic E-state index is 11.3. The zero-order chi connectivity index (χ0) is 14.8. The lowest BCUT2D eigenvalue weighted by molar-refractivity contribution is 0.884. The molecule has 2 aromatic carbocycles. The van der Waals surface area contributed by atoms with E-state index in [0.717, 1.165) is 22.3 Å². The second-order valence-corrected chi connectivity index (χ2v) is 4.94. The Morgan fingerprint density at radius 3 is 2.76 bits per heavy atom. The molecular formula is C16H14N4O. The van der Waals surface area contributed by atoms with E-state index in [9.17, 15) is 4.79 Å². The van der Waals surface area contributed by atoms with Crippen LogP contribution in [0.5, 0.6) is 0 Å². The van der Waals surface area contributed by atoms with Gasteiger partial charge in [-0.15, -0.1) is 0 Å². The van der Waals surface area contributed by atoms with Crippen LogP contribution in [0.3, 0.4) is 0 Å². The molecule has 5 heteroatoms. The monoisotopic (exact) mass is 278 g/mol. The molecule has 0 bridgehead atoms. The van der Waals surface area contributed by atoms with Crippen molar-refractivity contribution in [2.45, 2.75) is 13.0 Å². The number of rotatable bonds is 3. The number of benzene rings is 2. The first kappa shape index (κ1) is 13.0. The molecule has 1 aromatic heterocycles. The van der Waals surface area contributed by atoms with Crippen molar-refractivity contribution in [3.8, 4) is 6.07 Å². The minimum atomic E-state index is -0.211. The van der Waals surface area contributed by atoms with Gasteiger partial charge in [0.2, 0.25) is 0 Å². The fraction of sp³-hybridized carbons (Fsp3) is 0.125. The van der Waals surface area contributed by atoms with Crippen LogP contribution >= 0.6 is 0 Å². The maximum Gasteiger partial charge on any atom is 0.323 e. The SMILES string of the molecule is CC(Nc1ccc2[nH]c(=O)[nH]c2c1)c1cccc(C#N)c1. The molecule has 3 rings (SSSR count). The van der Waals surface area contributed by atoms with Crippen molar-refractivity contribution in [2.75, 3.05) is 5.32 Å². The van der Waals surface area contributed by atoms with Gasteiger partial charge in [0.05, 0.1) is 22.7 Å². The predicted octanol–water partition coefficient (Wildman–Crippen LogP) is 2.90. The Morgan fingerprint density at radius 1 is 1.14 bits per heavy atom. The first-order valence-electron chi connectivity index (χ1n) is 6.64. The number of H-pyrrole nitrogens is 2. The van der Waals surface area contributed by atoms with Crippen molar-refractivity contribution in [2.24, 2.45) is 0 Å². The Balaban J connectivity index is 1.86. The minimum Gasteiger partial charge on any atom is -0.378 e. The van der Waals surface area contributed by atoms with Gasteiger partial charge in [-0.2, -0.15) is 5.26 Å². The molecule has 0 aliphatic heterocycles. The summed E-state index contributed by atoms with van der Waals surface area (Å²) in [5.41, 5.74) is 3.93. The summed E-state index contributed by atoms with van der Waals surface area (Å²) in [6.07, 6.45) is 0. The average Bonchev–Trinajstić information content (AvgIpc) is 2.86. The first-order chi connectivity index (χ1) is 10.2. The van der Waals surface area contributed by atoms with Gasteiger partial charge in [-0.25, -0.2) is 4.79 Å². The molecule has 0 saturated carbocycles. The van der Waals surface area contributed by atoms with Crippen LogP contribution < -0.4 is 11.0 Å². The van der Waals surface area contributed by atoms with Crippen LogP contribution in [-0.4, -0.2) is 9.97 Å². The lowest BCUT2D eigenvalue weighted by atomic mass is 10.1. The fourth-order valence-electron chi connectivity index (χ4n) is 2.33. The van der Waals surface area contributed by atoms with Gasteiger partial charge in [0.25, 0.3) is 0 Å². The second kappa shape index (κ2) is 5.17. The number of nitrogens with one attached hydrogen (secondary N) is 3. The third-order valence-electron chi connectivity index (χ3n) is 3.41. The van der Waals surface area contributed by atoms with Crippen molar-refractivity contribution < 1.29 is 0 Å². The molecular weight excluding hydrogens is 264 g/mol. The van der Waals surface area contributed by atoms with Gasteiger partial charge >= 0.3 is 5.69 Å². The first-order valence-corrected chi connectivity index (χ1v) is 6.64. The summed E-state index contributed by atoms with van der Waals surface area (Å²) in [4.78, 5) is 16.7. The molecule has 1 heterocycles. The molecule has 5 nitrogen and oxygen atoms in total. The topological polar surface area (TPSA) is 84.5 Å². The molecule has 0 fully saturated rings. The Labute approximate surface area is 121 Å². The van der Waals surface area contributed by atoms with Crippen LogP contribution in [0.15, 0.2) is 47.3 Å². The summed E-state index contributed by atoms with van der Waals surface area (Å²) in [5.74, 6) is 0. The number of hydrogen-bond donors (Lipinski definition) is 3. The molecule has 0 amide bonds. The third-order valence-corrected chi connectivity index (χ3v) is 3.41. The van der Waals surface area contributed by atoms with E-state index >= 15 is 0 Å². The highest BCUT2D eigenvalue weighted by atomic mass is 16.1. The Morgan fingerprint density at radius 2 is 1.95 bits per heavy atom. The highest BCUT2D eigenvalue weighted by Gasteiger charge is 2.07. The molecule has 0 saturated heterocycles. The van der Waals surface area contributed by atoms with E-state index in [1.165, 1.54) is 0 Å². The number of imidazole rings is 1. The number of aromatic amines is 2. The summed E-state index contributed by atoms with van der Waals surface area (Å²) in [7, 11) is 0. The standard InChI is InChI=1S/C16H14N4O/c1-10(12-4-2-3-11(7-12)9-17)18-13-5-6-14-15(8-13)20-16(21)19-14/h2-8,10,18H,1H3,(H2,19,20,21). The molecule has 1 atom stereocenters. The number of aromatic nitrogens is 2. The van der Waals surface area contributed by atoms with Crippen molar-refractivity contribution in [3.63, 3.8) is 0 Å². The van der Waals surface area contributed by atoms with E-state index in [1.807, 2.05) is 43.3 Å². The largest absolute Gasteiger partial charge is 0.378 e. The van der Waals surface area contributed by atoms with Crippen LogP contribution in [0.1, 0.15) is 24.1 Å². The van der Waals surface area contributed by atoms with Gasteiger partial charge in [0.1, 0.15) is 0 Å². The highest BCUT2D eigenvalue weighted by molar-refractivity contribution is 5.78. The normalized spacial score (nSPS) is 12.0. The number of fused-ring (bicyclic) bond motifs is 1. The van der Waals surface area contributed by atoms with Crippen molar-refractivity contribution in [1.82, 2.24) is 9.97 Å². The van der Waals surface area contributed by atoms with Gasteiger partial charge in [-0.3, -0.25) is 0 Å². The highest BCUT2D eigenvalue weighted by Crippen LogP contribution is 2.22. The van der Waals surface area contributed by atoms with Crippen LogP contribution in [0.25, 0.3) is 11.0 Å². The molecule has 0 radical (unpaired) electrons. The molecule has 104 valence electrons. The van der Waals surface area contributed by atoms with E-state index < -0.39 is 0 Å². The number of anilines is 1. The van der Waals surface area contributed by atoms with E-state index in [4.69, 9.17) is 5.26 Å². The zero-order valence-electron chi connectivity index (χ0n) is 11.5. The van der Waals surface area contributed by atoms with Crippen LogP contribution in [0.4, 0.5) is 5.69 Å². The van der Waals surface area contributed by atoms with Crippen LogP contribution in [-0.2, 0) is 0 Å². The zero-order valence-corrected chi connectivity index (χ0v) is 11.5. The minimum absolute atomic E-state index is 0.0569. The maximum atomic E-state index is 11.3. The molecule has 0 spiro atoms. The summed E-state index contributed by atoms with van der Waals surface area (Å²) in [5, 5.41) is 12.3. The number of nitriles is 1. The van der Waals surface area contributed by atoms with Crippen molar-refractivity contribution in [3.05, 3.63) is 64.1 Å². The van der Waals surface area contributed by atoms with Gasteiger partial charge in [-0.05, 0) is 42.8 Å². The number of nitrogens with zero attached hydrogens (tertiary/aromatic N) is 1. The summed E-state index contributed by atoms with van der Waals surface area (Å²) in [6, 6.07) is 15.4. The van der Waals surface area contributed by atoms with Gasteiger partial charge in [0.15, 0.2) is 0 Å². The molecule has 21 heavy (non-hydrogen) atoms. The molecule has 0 aliphatic rings. The second-order valence-electron chi connectivity index (χ2n) is 4.94. The lowest BCUT2D eigenvalue weighted by Crippen LogP contribution is -2.06. The molecule has 0 aliphatic carbocycles. The van der Waals surface area contributed by atoms with E-state index in [0.29, 0.717) is 5.56 Å². The van der Waals surface area contributed by atoms with Crippen LogP contribution in [0, 0.1) is 11.3 Å². The average molecular weight is 278 g/mol. The molecule has 3 aromatic rings. The lowest BCUT2D eigenvalue weighted by Gasteiger charge is -2.16. The third kappa shape index (κ3) is 2.65. The fourth-order valence-corrected chi connectivity index (χ4v) is 2.33. The Kier molecular flexibility index (Phi) is 3.20. The molecule has 3 N–H and O–H groups in total. The van der Waals surface area contributed by atoms with E-state index in [-0.39, 0.29) is 11.7 Å². The predicted molar refractivity (Wildman–Crippen MR) is 82.1 cm³/mol. The van der Waals surface area contributed by atoms with Crippen molar-refractivity contribution >= 4 is 16.7 Å². The Bertz CT molecular complexity index is 885. The van der Waals surface area contributed by atoms with Gasteiger partial charge in [-0.1, -0.05) is 12.1 Å². The summed E-state index contributed by atoms with van der Waals surface area (Å²) >= 11 is 0. The quantitative estimate of drug-likeness (QED) is 0.688. The van der Waals surface area contributed by atoms with E-state index in [1.54, 1.807) is 6.07 Å². The van der Waals surface area contributed by atoms with Gasteiger partial charge in [0, 0.05) is 11.7 Å². The summed E-state index contributed by atoms with van der Waals surface area (Å²) in [6.45, 7) is 2.03. The summed E-state index contributed by atoms with van der Waals surface area (Å²) < 4.78 is 0. The Hall–Kier alpha value is -3.00. The number of hydrogen-bond acceptors (Lipinski definition) is 3. The van der Waals surface area contributed by atoms with Crippen LogP contribution in [0.2, 0.25) is 0 Å². The smallest absolute Gasteiger partial charge is 0.323 e. The van der Waals surface area contributed by atoms with Gasteiger partial charge < -0.3 is 15.3 Å². The van der Waals surface area contributed by atoms with E-state index in [2.05, 4.69) is 21.4 Å². The van der Waals surface area contributed by atoms with Crippen molar-refractivity contribution in [1.29, 1.82) is 5.26 Å². The molecule has 1 unspecified atom stereocenters.